The Kier molecular flexibility index (Phi) is 7.05. The molecule has 0 aliphatic carbocycles. The van der Waals surface area contributed by atoms with E-state index in [0.717, 1.165) is 20.9 Å². The van der Waals surface area contributed by atoms with Gasteiger partial charge in [-0.15, -0.1) is 11.3 Å². The molecular formula is C21H29BrN4O2S. The second kappa shape index (κ2) is 9.73. The molecule has 2 aromatic heterocycles. The quantitative estimate of drug-likeness (QED) is 0.642. The minimum atomic E-state index is -0.00638. The minimum Gasteiger partial charge on any atom is -0.383 e. The van der Waals surface area contributed by atoms with E-state index in [1.165, 1.54) is 45.2 Å². The molecule has 29 heavy (non-hydrogen) atoms. The summed E-state index contributed by atoms with van der Waals surface area (Å²) in [6.45, 7) is 4.36. The van der Waals surface area contributed by atoms with Gasteiger partial charge in [-0.05, 0) is 78.8 Å². The fourth-order valence-corrected chi connectivity index (χ4v) is 6.08. The van der Waals surface area contributed by atoms with Gasteiger partial charge in [0.15, 0.2) is 5.69 Å². The monoisotopic (exact) mass is 480 g/mol. The van der Waals surface area contributed by atoms with Crippen LogP contribution in [0.5, 0.6) is 0 Å². The van der Waals surface area contributed by atoms with Crippen molar-refractivity contribution < 1.29 is 9.53 Å². The molecule has 2 aliphatic rings. The number of aromatic nitrogens is 2. The lowest BCUT2D eigenvalue weighted by atomic mass is 9.83. The lowest BCUT2D eigenvalue weighted by Crippen LogP contribution is -2.52. The first kappa shape index (κ1) is 21.0. The summed E-state index contributed by atoms with van der Waals surface area (Å²) in [4.78, 5) is 19.0. The molecule has 2 aliphatic heterocycles. The number of methoxy groups -OCH3 is 1. The van der Waals surface area contributed by atoms with Crippen molar-refractivity contribution in [3.63, 3.8) is 0 Å². The number of piperidine rings is 2. The van der Waals surface area contributed by atoms with E-state index in [4.69, 9.17) is 4.74 Å². The molecule has 0 unspecified atom stereocenters. The number of halogens is 1. The summed E-state index contributed by atoms with van der Waals surface area (Å²) in [5.41, 5.74) is 1.36. The minimum absolute atomic E-state index is 0.00638. The number of carbonyl (C=O) groups excluding carboxylic acids is 1. The Balaban J connectivity index is 1.48. The second-order valence-electron chi connectivity index (χ2n) is 8.02. The molecule has 6 nitrogen and oxygen atoms in total. The number of nitrogens with one attached hydrogen (secondary N) is 1. The van der Waals surface area contributed by atoms with Gasteiger partial charge < -0.3 is 14.5 Å². The number of carbonyl (C=O) groups is 1. The highest BCUT2D eigenvalue weighted by molar-refractivity contribution is 9.11. The molecule has 2 atom stereocenters. The molecule has 1 N–H and O–H groups in total. The number of H-pyrrole nitrogens is 1. The Morgan fingerprint density at radius 1 is 1.34 bits per heavy atom. The van der Waals surface area contributed by atoms with E-state index in [0.29, 0.717) is 30.8 Å². The molecule has 0 aromatic carbocycles. The van der Waals surface area contributed by atoms with Crippen molar-refractivity contribution in [3.05, 3.63) is 27.7 Å². The molecule has 0 bridgehead atoms. The van der Waals surface area contributed by atoms with Gasteiger partial charge in [0.2, 0.25) is 0 Å². The Morgan fingerprint density at radius 3 is 3.00 bits per heavy atom. The van der Waals surface area contributed by atoms with Gasteiger partial charge in [-0.2, -0.15) is 5.10 Å². The SMILES string of the molecule is COCCN(C[C@H]1CCCN2CCCC[C@@H]12)C(=O)c1cc(-c2ccc(Br)s2)[nH]n1. The number of nitrogens with zero attached hydrogens (tertiary/aromatic N) is 3. The molecule has 4 rings (SSSR count). The van der Waals surface area contributed by atoms with E-state index in [1.807, 2.05) is 23.1 Å². The van der Waals surface area contributed by atoms with E-state index in [2.05, 4.69) is 31.0 Å². The van der Waals surface area contributed by atoms with Gasteiger partial charge in [0, 0.05) is 26.2 Å². The van der Waals surface area contributed by atoms with Crippen molar-refractivity contribution in [3.8, 4) is 10.6 Å². The maximum atomic E-state index is 13.3. The highest BCUT2D eigenvalue weighted by Gasteiger charge is 2.35. The molecule has 4 heterocycles. The summed E-state index contributed by atoms with van der Waals surface area (Å²) >= 11 is 5.12. The Bertz CT molecular complexity index is 821. The van der Waals surface area contributed by atoms with Gasteiger partial charge in [0.25, 0.3) is 5.91 Å². The number of thiophene rings is 1. The van der Waals surface area contributed by atoms with Gasteiger partial charge >= 0.3 is 0 Å². The maximum absolute atomic E-state index is 13.3. The van der Waals surface area contributed by atoms with Crippen LogP contribution in [-0.2, 0) is 4.74 Å². The summed E-state index contributed by atoms with van der Waals surface area (Å²) in [5, 5.41) is 7.36. The van der Waals surface area contributed by atoms with E-state index < -0.39 is 0 Å². The Morgan fingerprint density at radius 2 is 2.21 bits per heavy atom. The highest BCUT2D eigenvalue weighted by Crippen LogP contribution is 2.32. The number of hydrogen-bond donors (Lipinski definition) is 1. The van der Waals surface area contributed by atoms with Gasteiger partial charge in [0.1, 0.15) is 0 Å². The zero-order valence-corrected chi connectivity index (χ0v) is 19.3. The molecular weight excluding hydrogens is 452 g/mol. The second-order valence-corrected chi connectivity index (χ2v) is 10.5. The molecule has 2 saturated heterocycles. The maximum Gasteiger partial charge on any atom is 0.274 e. The molecule has 0 saturated carbocycles. The molecule has 2 aromatic rings. The van der Waals surface area contributed by atoms with E-state index in [-0.39, 0.29) is 5.91 Å². The average Bonchev–Trinajstić information content (AvgIpc) is 3.40. The van der Waals surface area contributed by atoms with E-state index >= 15 is 0 Å². The van der Waals surface area contributed by atoms with Crippen molar-refractivity contribution in [1.82, 2.24) is 20.0 Å². The van der Waals surface area contributed by atoms with E-state index in [1.54, 1.807) is 18.4 Å². The van der Waals surface area contributed by atoms with Crippen LogP contribution in [0.2, 0.25) is 0 Å². The first-order valence-corrected chi connectivity index (χ1v) is 12.1. The van der Waals surface area contributed by atoms with E-state index in [9.17, 15) is 4.79 Å². The number of rotatable bonds is 7. The third-order valence-corrected chi connectivity index (χ3v) is 7.83. The summed E-state index contributed by atoms with van der Waals surface area (Å²) in [5.74, 6) is 0.532. The van der Waals surface area contributed by atoms with Gasteiger partial charge in [-0.3, -0.25) is 9.89 Å². The number of aromatic amines is 1. The van der Waals surface area contributed by atoms with Crippen molar-refractivity contribution in [2.45, 2.75) is 38.1 Å². The molecule has 8 heteroatoms. The fraction of sp³-hybridized carbons (Fsp3) is 0.619. The summed E-state index contributed by atoms with van der Waals surface area (Å²) in [6.07, 6.45) is 6.31. The van der Waals surface area contributed by atoms with Crippen molar-refractivity contribution in [2.24, 2.45) is 5.92 Å². The van der Waals surface area contributed by atoms with Crippen LogP contribution < -0.4 is 0 Å². The molecule has 1 amide bonds. The molecule has 0 radical (unpaired) electrons. The average molecular weight is 481 g/mol. The van der Waals surface area contributed by atoms with Crippen LogP contribution in [0, 0.1) is 5.92 Å². The number of hydrogen-bond acceptors (Lipinski definition) is 5. The molecule has 0 spiro atoms. The lowest BCUT2D eigenvalue weighted by molar-refractivity contribution is 0.0313. The van der Waals surface area contributed by atoms with Crippen LogP contribution in [-0.4, -0.2) is 71.8 Å². The third kappa shape index (κ3) is 4.93. The number of ether oxygens (including phenoxy) is 1. The largest absolute Gasteiger partial charge is 0.383 e. The predicted octanol–water partition coefficient (Wildman–Crippen LogP) is 4.25. The van der Waals surface area contributed by atoms with Crippen molar-refractivity contribution >= 4 is 33.2 Å². The third-order valence-electron chi connectivity index (χ3n) is 6.17. The summed E-state index contributed by atoms with van der Waals surface area (Å²) in [6, 6.07) is 6.52. The van der Waals surface area contributed by atoms with Crippen LogP contribution in [0.1, 0.15) is 42.6 Å². The predicted molar refractivity (Wildman–Crippen MR) is 119 cm³/mol. The van der Waals surface area contributed by atoms with Gasteiger partial charge in [-0.1, -0.05) is 6.42 Å². The Hall–Kier alpha value is -1.22. The first-order chi connectivity index (χ1) is 14.2. The van der Waals surface area contributed by atoms with Crippen LogP contribution in [0.4, 0.5) is 0 Å². The Labute approximate surface area is 184 Å². The highest BCUT2D eigenvalue weighted by atomic mass is 79.9. The fourth-order valence-electron chi connectivity index (χ4n) is 4.73. The lowest BCUT2D eigenvalue weighted by Gasteiger charge is -2.45. The van der Waals surface area contributed by atoms with Crippen LogP contribution in [0.25, 0.3) is 10.6 Å². The normalized spacial score (nSPS) is 22.4. The summed E-state index contributed by atoms with van der Waals surface area (Å²) in [7, 11) is 1.69. The summed E-state index contributed by atoms with van der Waals surface area (Å²) < 4.78 is 6.36. The number of fused-ring (bicyclic) bond motifs is 1. The number of amides is 1. The van der Waals surface area contributed by atoms with Crippen LogP contribution in [0.15, 0.2) is 22.0 Å². The van der Waals surface area contributed by atoms with Crippen LogP contribution >= 0.6 is 27.3 Å². The topological polar surface area (TPSA) is 61.5 Å². The molecule has 158 valence electrons. The zero-order valence-electron chi connectivity index (χ0n) is 16.9. The zero-order chi connectivity index (χ0) is 20.2. The van der Waals surface area contributed by atoms with Crippen molar-refractivity contribution in [2.75, 3.05) is 39.9 Å². The van der Waals surface area contributed by atoms with Gasteiger partial charge in [-0.25, -0.2) is 0 Å². The first-order valence-electron chi connectivity index (χ1n) is 10.5. The standard InChI is InChI=1S/C21H29BrN4O2S/c1-28-12-11-26(14-15-5-4-10-25-9-3-2-6-18(15)25)21(27)17-13-16(23-24-17)19-7-8-20(22)29-19/h7-8,13,15,18H,2-6,9-12,14H2,1H3,(H,23,24)/t15-,18+/m1/s1. The van der Waals surface area contributed by atoms with Crippen LogP contribution in [0.3, 0.4) is 0 Å². The smallest absolute Gasteiger partial charge is 0.274 e. The van der Waals surface area contributed by atoms with Crippen molar-refractivity contribution in [1.29, 1.82) is 0 Å². The van der Waals surface area contributed by atoms with Gasteiger partial charge in [0.05, 0.1) is 21.0 Å². The molecule has 2 fully saturated rings.